The Morgan fingerprint density at radius 1 is 0.854 bits per heavy atom. The van der Waals surface area contributed by atoms with Gasteiger partial charge in [-0.25, -0.2) is 0 Å². The Morgan fingerprint density at radius 2 is 1.49 bits per heavy atom. The summed E-state index contributed by atoms with van der Waals surface area (Å²) < 4.78 is 5.86. The summed E-state index contributed by atoms with van der Waals surface area (Å²) >= 11 is 0. The Bertz CT molecular complexity index is 1460. The number of rotatable bonds is 7. The summed E-state index contributed by atoms with van der Waals surface area (Å²) in [5.74, 6) is -7.92. The lowest BCUT2D eigenvalue weighted by molar-refractivity contribution is -0.145. The van der Waals surface area contributed by atoms with Gasteiger partial charge in [-0.15, -0.1) is 0 Å². The summed E-state index contributed by atoms with van der Waals surface area (Å²) in [5, 5.41) is 28.3. The molecule has 6 rings (SSSR count). The van der Waals surface area contributed by atoms with Gasteiger partial charge in [0.25, 0.3) is 0 Å². The number of amides is 4. The van der Waals surface area contributed by atoms with Gasteiger partial charge in [-0.05, 0) is 42.5 Å². The quantitative estimate of drug-likeness (QED) is 0.323. The molecule has 1 aromatic rings. The molecule has 214 valence electrons. The summed E-state index contributed by atoms with van der Waals surface area (Å²) in [6.07, 6.45) is 3.31. The number of imide groups is 2. The van der Waals surface area contributed by atoms with Gasteiger partial charge in [0.05, 0.1) is 42.8 Å². The number of carbonyl (C=O) groups excluding carboxylic acids is 4. The molecule has 12 nitrogen and oxygen atoms in total. The SMILES string of the molecule is O=C(O)CCN1C(=O)[C@H]2[C@H](CC=C3[C@H](C4=COc5ccc(O)cc5C4)[C@@H]4C(=O)N(CCC(=O)O)C(=O)[C@@H]4C[C@H]32)C1=O. The molecule has 4 amide bonds. The molecule has 5 aliphatic rings. The number of carboxylic acid groups (broad SMARTS) is 2. The number of aliphatic carboxylic acids is 2. The molecular formula is C29H28N2O10. The molecule has 6 atom stereocenters. The highest BCUT2D eigenvalue weighted by molar-refractivity contribution is 6.08. The fourth-order valence-corrected chi connectivity index (χ4v) is 7.40. The molecule has 2 saturated heterocycles. The van der Waals surface area contributed by atoms with Crippen LogP contribution in [0.25, 0.3) is 0 Å². The topological polar surface area (TPSA) is 179 Å². The summed E-state index contributed by atoms with van der Waals surface area (Å²) in [5.41, 5.74) is 2.11. The zero-order chi connectivity index (χ0) is 29.2. The van der Waals surface area contributed by atoms with Crippen molar-refractivity contribution < 1.29 is 48.8 Å². The average Bonchev–Trinajstić information content (AvgIpc) is 3.32. The molecule has 2 aliphatic carbocycles. The molecule has 0 radical (unpaired) electrons. The molecule has 41 heavy (non-hydrogen) atoms. The first kappa shape index (κ1) is 26.7. The Balaban J connectivity index is 1.39. The number of likely N-dealkylation sites (tertiary alicyclic amines) is 2. The summed E-state index contributed by atoms with van der Waals surface area (Å²) in [6.45, 7) is -0.508. The van der Waals surface area contributed by atoms with E-state index in [0.29, 0.717) is 23.3 Å². The van der Waals surface area contributed by atoms with Crippen molar-refractivity contribution in [3.05, 3.63) is 47.2 Å². The van der Waals surface area contributed by atoms with Gasteiger partial charge in [0.2, 0.25) is 23.6 Å². The van der Waals surface area contributed by atoms with E-state index < -0.39 is 77.5 Å². The van der Waals surface area contributed by atoms with Crippen molar-refractivity contribution in [3.8, 4) is 11.5 Å². The number of carbonyl (C=O) groups is 6. The number of benzene rings is 1. The Labute approximate surface area is 233 Å². The molecule has 3 fully saturated rings. The minimum atomic E-state index is -1.15. The van der Waals surface area contributed by atoms with Gasteiger partial charge in [-0.3, -0.25) is 38.6 Å². The molecule has 3 heterocycles. The van der Waals surface area contributed by atoms with E-state index in [9.17, 15) is 39.0 Å². The van der Waals surface area contributed by atoms with Crippen molar-refractivity contribution in [3.63, 3.8) is 0 Å². The molecule has 3 N–H and O–H groups in total. The van der Waals surface area contributed by atoms with E-state index in [1.165, 1.54) is 12.3 Å². The predicted octanol–water partition coefficient (Wildman–Crippen LogP) is 1.33. The van der Waals surface area contributed by atoms with Crippen LogP contribution in [0.15, 0.2) is 41.7 Å². The lowest BCUT2D eigenvalue weighted by Crippen LogP contribution is -2.45. The van der Waals surface area contributed by atoms with Crippen molar-refractivity contribution in [2.45, 2.75) is 32.1 Å². The van der Waals surface area contributed by atoms with Crippen LogP contribution in [0.4, 0.5) is 0 Å². The maximum atomic E-state index is 13.7. The van der Waals surface area contributed by atoms with Crippen LogP contribution >= 0.6 is 0 Å². The summed E-state index contributed by atoms with van der Waals surface area (Å²) in [7, 11) is 0. The van der Waals surface area contributed by atoms with E-state index in [2.05, 4.69) is 0 Å². The smallest absolute Gasteiger partial charge is 0.305 e. The summed E-state index contributed by atoms with van der Waals surface area (Å²) in [4.78, 5) is 78.4. The normalized spacial score (nSPS) is 30.1. The fraction of sp³-hybridized carbons (Fsp3) is 0.448. The van der Waals surface area contributed by atoms with Gasteiger partial charge < -0.3 is 20.1 Å². The van der Waals surface area contributed by atoms with E-state index >= 15 is 0 Å². The zero-order valence-corrected chi connectivity index (χ0v) is 21.9. The lowest BCUT2D eigenvalue weighted by Gasteiger charge is -2.45. The number of phenols is 1. The van der Waals surface area contributed by atoms with Crippen molar-refractivity contribution in [1.29, 1.82) is 0 Å². The second kappa shape index (κ2) is 9.86. The standard InChI is InChI=1S/C29H28N2O10/c32-15-1-4-20-13(10-15)9-14(12-41-20)23-16-2-3-17-24(28(39)30(26(17)37)7-5-21(33)34)18(16)11-19-25(23)29(40)31(27(19)38)8-6-22(35)36/h1-2,4,10,12,17-19,23-25,32H,3,5-9,11H2,(H,33,34)(H,35,36)/t17-,18+,19+,23-,24-,25+/m0/s1. The number of aromatic hydroxyl groups is 1. The van der Waals surface area contributed by atoms with E-state index in [4.69, 9.17) is 9.84 Å². The highest BCUT2D eigenvalue weighted by Gasteiger charge is 2.62. The van der Waals surface area contributed by atoms with Crippen LogP contribution in [0.1, 0.15) is 31.2 Å². The number of fused-ring (bicyclic) bond motifs is 5. The summed E-state index contributed by atoms with van der Waals surface area (Å²) in [6, 6.07) is 4.68. The minimum Gasteiger partial charge on any atom is -0.508 e. The highest BCUT2D eigenvalue weighted by Crippen LogP contribution is 2.57. The van der Waals surface area contributed by atoms with Gasteiger partial charge in [-0.2, -0.15) is 0 Å². The van der Waals surface area contributed by atoms with Crippen LogP contribution in [0.2, 0.25) is 0 Å². The maximum Gasteiger partial charge on any atom is 0.305 e. The van der Waals surface area contributed by atoms with Gasteiger partial charge in [-0.1, -0.05) is 11.6 Å². The van der Waals surface area contributed by atoms with Gasteiger partial charge in [0.1, 0.15) is 11.5 Å². The van der Waals surface area contributed by atoms with Crippen LogP contribution in [0.3, 0.4) is 0 Å². The molecule has 0 unspecified atom stereocenters. The molecule has 0 spiro atoms. The van der Waals surface area contributed by atoms with Crippen LogP contribution in [-0.4, -0.2) is 73.8 Å². The second-order valence-corrected chi connectivity index (χ2v) is 11.2. The van der Waals surface area contributed by atoms with Crippen LogP contribution in [0.5, 0.6) is 11.5 Å². The molecular weight excluding hydrogens is 536 g/mol. The van der Waals surface area contributed by atoms with Crippen LogP contribution in [0, 0.1) is 35.5 Å². The van der Waals surface area contributed by atoms with Gasteiger partial charge >= 0.3 is 11.9 Å². The maximum absolute atomic E-state index is 13.7. The number of phenolic OH excluding ortho intramolecular Hbond substituents is 1. The highest BCUT2D eigenvalue weighted by atomic mass is 16.5. The third-order valence-electron chi connectivity index (χ3n) is 9.10. The molecule has 0 bridgehead atoms. The Kier molecular flexibility index (Phi) is 6.43. The fourth-order valence-electron chi connectivity index (χ4n) is 7.40. The van der Waals surface area contributed by atoms with E-state index in [1.807, 2.05) is 6.08 Å². The van der Waals surface area contributed by atoms with E-state index in [0.717, 1.165) is 15.4 Å². The first-order chi connectivity index (χ1) is 19.6. The van der Waals surface area contributed by atoms with Crippen molar-refractivity contribution in [1.82, 2.24) is 9.80 Å². The number of hydrogen-bond acceptors (Lipinski definition) is 8. The van der Waals surface area contributed by atoms with Crippen LogP contribution < -0.4 is 4.74 Å². The van der Waals surface area contributed by atoms with Crippen LogP contribution in [-0.2, 0) is 35.2 Å². The third-order valence-corrected chi connectivity index (χ3v) is 9.10. The number of allylic oxidation sites excluding steroid dienone is 3. The largest absolute Gasteiger partial charge is 0.508 e. The number of ether oxygens (including phenoxy) is 1. The van der Waals surface area contributed by atoms with Gasteiger partial charge in [0, 0.05) is 31.0 Å². The third kappa shape index (κ3) is 4.28. The number of carboxylic acids is 2. The first-order valence-electron chi connectivity index (χ1n) is 13.6. The minimum absolute atomic E-state index is 0.0382. The van der Waals surface area contributed by atoms with E-state index in [1.54, 1.807) is 12.1 Å². The van der Waals surface area contributed by atoms with Gasteiger partial charge in [0.15, 0.2) is 0 Å². The monoisotopic (exact) mass is 564 g/mol. The molecule has 3 aliphatic heterocycles. The Hall–Kier alpha value is -4.48. The molecule has 1 aromatic carbocycles. The molecule has 1 saturated carbocycles. The zero-order valence-electron chi connectivity index (χ0n) is 21.9. The number of nitrogens with zero attached hydrogens (tertiary/aromatic N) is 2. The molecule has 0 aromatic heterocycles. The average molecular weight is 565 g/mol. The van der Waals surface area contributed by atoms with Crippen molar-refractivity contribution in [2.75, 3.05) is 13.1 Å². The Morgan fingerprint density at radius 3 is 2.15 bits per heavy atom. The van der Waals surface area contributed by atoms with Crippen molar-refractivity contribution in [2.24, 2.45) is 35.5 Å². The lowest BCUT2D eigenvalue weighted by atomic mass is 9.56. The predicted molar refractivity (Wildman–Crippen MR) is 137 cm³/mol. The first-order valence-corrected chi connectivity index (χ1v) is 13.6. The second-order valence-electron chi connectivity index (χ2n) is 11.2. The van der Waals surface area contributed by atoms with E-state index in [-0.39, 0.29) is 38.1 Å². The number of hydrogen-bond donors (Lipinski definition) is 3. The molecule has 12 heteroatoms. The van der Waals surface area contributed by atoms with Crippen molar-refractivity contribution >= 4 is 35.6 Å².